The third kappa shape index (κ3) is 4.99. The zero-order chi connectivity index (χ0) is 20.1. The number of benzene rings is 1. The third-order valence-electron chi connectivity index (χ3n) is 3.94. The second-order valence-corrected chi connectivity index (χ2v) is 6.58. The van der Waals surface area contributed by atoms with Gasteiger partial charge in [0.15, 0.2) is 0 Å². The number of halogens is 2. The number of aromatic nitrogens is 1. The van der Waals surface area contributed by atoms with Gasteiger partial charge in [0.05, 0.1) is 11.9 Å². The first kappa shape index (κ1) is 20.3. The highest BCUT2D eigenvalue weighted by atomic mass is 19.1. The lowest BCUT2D eigenvalue weighted by Gasteiger charge is -2.22. The van der Waals surface area contributed by atoms with Gasteiger partial charge in [-0.05, 0) is 30.2 Å². The van der Waals surface area contributed by atoms with Gasteiger partial charge in [-0.25, -0.2) is 13.8 Å². The van der Waals surface area contributed by atoms with E-state index in [0.29, 0.717) is 5.82 Å². The monoisotopic (exact) mass is 376 g/mol. The number of amides is 2. The van der Waals surface area contributed by atoms with Crippen LogP contribution in [0.3, 0.4) is 0 Å². The van der Waals surface area contributed by atoms with Crippen molar-refractivity contribution in [2.24, 2.45) is 5.92 Å². The average molecular weight is 376 g/mol. The second-order valence-electron chi connectivity index (χ2n) is 6.58. The zero-order valence-electron chi connectivity index (χ0n) is 15.6. The smallest absolute Gasteiger partial charge is 0.257 e. The summed E-state index contributed by atoms with van der Waals surface area (Å²) in [5.74, 6) is -3.50. The van der Waals surface area contributed by atoms with Gasteiger partial charge in [-0.3, -0.25) is 9.59 Å². The van der Waals surface area contributed by atoms with Crippen molar-refractivity contribution in [3.63, 3.8) is 0 Å². The molecule has 0 saturated carbocycles. The highest BCUT2D eigenvalue weighted by molar-refractivity contribution is 6.01. The molecule has 1 atom stereocenters. The number of carbonyl (C=O) groups is 2. The molecule has 0 unspecified atom stereocenters. The fraction of sp³-hybridized carbons (Fsp3) is 0.316. The molecule has 0 fully saturated rings. The highest BCUT2D eigenvalue weighted by Crippen LogP contribution is 2.15. The second kappa shape index (κ2) is 8.57. The van der Waals surface area contributed by atoms with Crippen LogP contribution in [0.1, 0.15) is 24.2 Å². The standard InChI is InChI=1S/C19H22F2N4O2/c1-11(2)17(24-18(26)16-13(20)6-5-7-14(16)21)19(27)23-15-9-8-12(10-22-15)25(3)4/h5-11,17H,1-4H3,(H,24,26)(H,22,23,27)/t17-/m0/s1. The number of pyridine rings is 1. The molecule has 27 heavy (non-hydrogen) atoms. The number of nitrogens with zero attached hydrogens (tertiary/aromatic N) is 2. The number of rotatable bonds is 6. The molecule has 2 amide bonds. The van der Waals surface area contributed by atoms with E-state index in [1.54, 1.807) is 32.2 Å². The maximum atomic E-state index is 13.8. The van der Waals surface area contributed by atoms with Gasteiger partial charge in [0.2, 0.25) is 5.91 Å². The van der Waals surface area contributed by atoms with Crippen LogP contribution in [0.15, 0.2) is 36.5 Å². The summed E-state index contributed by atoms with van der Waals surface area (Å²) in [5.41, 5.74) is 0.140. The molecular formula is C19H22F2N4O2. The van der Waals surface area contributed by atoms with Crippen LogP contribution in [0.25, 0.3) is 0 Å². The molecular weight excluding hydrogens is 354 g/mol. The number of carbonyl (C=O) groups excluding carboxylic acids is 2. The van der Waals surface area contributed by atoms with Gasteiger partial charge >= 0.3 is 0 Å². The van der Waals surface area contributed by atoms with Crippen molar-refractivity contribution in [3.05, 3.63) is 53.7 Å². The summed E-state index contributed by atoms with van der Waals surface area (Å²) in [4.78, 5) is 30.8. The molecule has 8 heteroatoms. The number of anilines is 2. The lowest BCUT2D eigenvalue weighted by molar-refractivity contribution is -0.118. The van der Waals surface area contributed by atoms with Crippen LogP contribution < -0.4 is 15.5 Å². The van der Waals surface area contributed by atoms with Crippen LogP contribution in [-0.2, 0) is 4.79 Å². The lowest BCUT2D eigenvalue weighted by Crippen LogP contribution is -2.47. The zero-order valence-corrected chi connectivity index (χ0v) is 15.6. The van der Waals surface area contributed by atoms with E-state index in [-0.39, 0.29) is 5.92 Å². The summed E-state index contributed by atoms with van der Waals surface area (Å²) in [5, 5.41) is 5.00. The minimum atomic E-state index is -0.994. The van der Waals surface area contributed by atoms with Crippen molar-refractivity contribution in [1.82, 2.24) is 10.3 Å². The topological polar surface area (TPSA) is 74.3 Å². The molecule has 0 aliphatic heterocycles. The molecule has 6 nitrogen and oxygen atoms in total. The summed E-state index contributed by atoms with van der Waals surface area (Å²) in [7, 11) is 3.73. The van der Waals surface area contributed by atoms with Gasteiger partial charge in [-0.15, -0.1) is 0 Å². The van der Waals surface area contributed by atoms with Crippen molar-refractivity contribution < 1.29 is 18.4 Å². The number of hydrogen-bond acceptors (Lipinski definition) is 4. The van der Waals surface area contributed by atoms with Gasteiger partial charge in [0.25, 0.3) is 5.91 Å². The summed E-state index contributed by atoms with van der Waals surface area (Å²) in [6.07, 6.45) is 1.59. The fourth-order valence-electron chi connectivity index (χ4n) is 2.39. The van der Waals surface area contributed by atoms with Crippen molar-refractivity contribution in [1.29, 1.82) is 0 Å². The van der Waals surface area contributed by atoms with E-state index < -0.39 is 35.1 Å². The fourth-order valence-corrected chi connectivity index (χ4v) is 2.39. The largest absolute Gasteiger partial charge is 0.376 e. The quantitative estimate of drug-likeness (QED) is 0.813. The third-order valence-corrected chi connectivity index (χ3v) is 3.94. The van der Waals surface area contributed by atoms with Gasteiger partial charge in [-0.2, -0.15) is 0 Å². The summed E-state index contributed by atoms with van der Waals surface area (Å²) in [6, 6.07) is 5.55. The Balaban J connectivity index is 2.14. The molecule has 0 aliphatic carbocycles. The van der Waals surface area contributed by atoms with Crippen molar-refractivity contribution in [2.45, 2.75) is 19.9 Å². The minimum Gasteiger partial charge on any atom is -0.376 e. The van der Waals surface area contributed by atoms with E-state index in [4.69, 9.17) is 0 Å². The first-order chi connectivity index (χ1) is 12.7. The van der Waals surface area contributed by atoms with Crippen LogP contribution in [-0.4, -0.2) is 36.9 Å². The molecule has 144 valence electrons. The molecule has 1 aromatic carbocycles. The first-order valence-electron chi connectivity index (χ1n) is 8.39. The maximum Gasteiger partial charge on any atom is 0.257 e. The first-order valence-corrected chi connectivity index (χ1v) is 8.39. The Morgan fingerprint density at radius 2 is 1.70 bits per heavy atom. The Hall–Kier alpha value is -3.03. The van der Waals surface area contributed by atoms with E-state index in [1.165, 1.54) is 0 Å². The normalized spacial score (nSPS) is 11.8. The SMILES string of the molecule is CC(C)[C@H](NC(=O)c1c(F)cccc1F)C(=O)Nc1ccc(N(C)C)cn1. The Labute approximate surface area is 156 Å². The van der Waals surface area contributed by atoms with Gasteiger partial charge in [0.1, 0.15) is 29.1 Å². The van der Waals surface area contributed by atoms with Crippen LogP contribution in [0.4, 0.5) is 20.3 Å². The Morgan fingerprint density at radius 1 is 1.07 bits per heavy atom. The van der Waals surface area contributed by atoms with Gasteiger partial charge in [-0.1, -0.05) is 19.9 Å². The predicted molar refractivity (Wildman–Crippen MR) is 99.6 cm³/mol. The van der Waals surface area contributed by atoms with Crippen molar-refractivity contribution in [3.8, 4) is 0 Å². The average Bonchev–Trinajstić information content (AvgIpc) is 2.59. The van der Waals surface area contributed by atoms with E-state index in [2.05, 4.69) is 15.6 Å². The predicted octanol–water partition coefficient (Wildman–Crippen LogP) is 2.82. The van der Waals surface area contributed by atoms with Crippen LogP contribution in [0.2, 0.25) is 0 Å². The van der Waals surface area contributed by atoms with Crippen molar-refractivity contribution in [2.75, 3.05) is 24.3 Å². The van der Waals surface area contributed by atoms with E-state index in [0.717, 1.165) is 23.9 Å². The molecule has 1 aromatic heterocycles. The van der Waals surface area contributed by atoms with Crippen LogP contribution >= 0.6 is 0 Å². The van der Waals surface area contributed by atoms with Crippen LogP contribution in [0, 0.1) is 17.6 Å². The summed E-state index contributed by atoms with van der Waals surface area (Å²) in [6.45, 7) is 3.43. The van der Waals surface area contributed by atoms with E-state index in [9.17, 15) is 18.4 Å². The number of hydrogen-bond donors (Lipinski definition) is 2. The molecule has 0 spiro atoms. The molecule has 0 aliphatic rings. The highest BCUT2D eigenvalue weighted by Gasteiger charge is 2.27. The molecule has 2 rings (SSSR count). The van der Waals surface area contributed by atoms with Gasteiger partial charge in [0, 0.05) is 14.1 Å². The summed E-state index contributed by atoms with van der Waals surface area (Å²) >= 11 is 0. The molecule has 0 bridgehead atoms. The van der Waals surface area contributed by atoms with Gasteiger partial charge < -0.3 is 15.5 Å². The Morgan fingerprint density at radius 3 is 2.19 bits per heavy atom. The minimum absolute atomic E-state index is 0.308. The Bertz CT molecular complexity index is 803. The molecule has 1 heterocycles. The molecule has 2 N–H and O–H groups in total. The lowest BCUT2D eigenvalue weighted by atomic mass is 10.0. The Kier molecular flexibility index (Phi) is 6.44. The van der Waals surface area contributed by atoms with E-state index >= 15 is 0 Å². The molecule has 0 saturated heterocycles. The van der Waals surface area contributed by atoms with E-state index in [1.807, 2.05) is 19.0 Å². The van der Waals surface area contributed by atoms with Crippen LogP contribution in [0.5, 0.6) is 0 Å². The molecule has 0 radical (unpaired) electrons. The van der Waals surface area contributed by atoms with Crippen molar-refractivity contribution >= 4 is 23.3 Å². The summed E-state index contributed by atoms with van der Waals surface area (Å²) < 4.78 is 27.6. The maximum absolute atomic E-state index is 13.8. The molecule has 2 aromatic rings. The number of nitrogens with one attached hydrogen (secondary N) is 2.